The predicted octanol–water partition coefficient (Wildman–Crippen LogP) is 3.94. The molecule has 0 fully saturated rings. The highest BCUT2D eigenvalue weighted by Gasteiger charge is 2.11. The summed E-state index contributed by atoms with van der Waals surface area (Å²) in [6, 6.07) is 14.0. The van der Waals surface area contributed by atoms with Crippen LogP contribution in [0.15, 0.2) is 55.0 Å². The zero-order valence-corrected chi connectivity index (χ0v) is 17.7. The number of nitrogens with one attached hydrogen (secondary N) is 1. The van der Waals surface area contributed by atoms with E-state index in [0.29, 0.717) is 0 Å². The van der Waals surface area contributed by atoms with Crippen LogP contribution in [-0.4, -0.2) is 42.7 Å². The molecule has 0 saturated carbocycles. The summed E-state index contributed by atoms with van der Waals surface area (Å²) in [6.07, 6.45) is 3.41. The van der Waals surface area contributed by atoms with Crippen molar-refractivity contribution < 1.29 is 4.74 Å². The molecule has 0 aliphatic rings. The molecule has 0 aliphatic heterocycles. The molecular formula is C21H27N5OS. The number of anilines is 2. The van der Waals surface area contributed by atoms with E-state index in [9.17, 15) is 0 Å². The third-order valence-corrected chi connectivity index (χ3v) is 4.43. The third kappa shape index (κ3) is 5.13. The second-order valence-electron chi connectivity index (χ2n) is 6.61. The van der Waals surface area contributed by atoms with Gasteiger partial charge in [0.25, 0.3) is 0 Å². The van der Waals surface area contributed by atoms with Crippen molar-refractivity contribution in [2.75, 3.05) is 38.0 Å². The first kappa shape index (κ1) is 21.5. The Bertz CT molecular complexity index is 886. The van der Waals surface area contributed by atoms with Crippen molar-refractivity contribution in [3.8, 4) is 17.0 Å². The number of hydrogen-bond donors (Lipinski definition) is 1. The molecule has 1 N–H and O–H groups in total. The zero-order valence-electron chi connectivity index (χ0n) is 16.7. The maximum atomic E-state index is 5.46. The van der Waals surface area contributed by atoms with E-state index in [1.54, 1.807) is 13.4 Å². The molecule has 0 unspecified atom stereocenters. The number of ether oxygens (including phenoxy) is 1. The zero-order chi connectivity index (χ0) is 19.2. The molecule has 3 aromatic rings. The van der Waals surface area contributed by atoms with Crippen molar-refractivity contribution in [3.05, 3.63) is 60.6 Å². The summed E-state index contributed by atoms with van der Waals surface area (Å²) < 4.78 is 5.46. The fourth-order valence-electron chi connectivity index (χ4n) is 2.86. The molecule has 1 atom stereocenters. The first-order chi connectivity index (χ1) is 13.1. The Balaban J connectivity index is 0.00000280. The molecule has 0 spiro atoms. The van der Waals surface area contributed by atoms with Gasteiger partial charge in [-0.2, -0.15) is 13.5 Å². The van der Waals surface area contributed by atoms with Gasteiger partial charge in [0.2, 0.25) is 0 Å². The summed E-state index contributed by atoms with van der Waals surface area (Å²) in [4.78, 5) is 15.1. The molecule has 0 saturated heterocycles. The van der Waals surface area contributed by atoms with Crippen LogP contribution in [0.3, 0.4) is 0 Å². The summed E-state index contributed by atoms with van der Waals surface area (Å²) in [5, 5.41) is 3.40. The van der Waals surface area contributed by atoms with Gasteiger partial charge in [0, 0.05) is 44.4 Å². The van der Waals surface area contributed by atoms with Crippen molar-refractivity contribution in [3.63, 3.8) is 0 Å². The van der Waals surface area contributed by atoms with E-state index in [4.69, 9.17) is 4.74 Å². The molecule has 6 nitrogen and oxygen atoms in total. The minimum Gasteiger partial charge on any atom is -0.496 e. The van der Waals surface area contributed by atoms with E-state index in [1.165, 1.54) is 5.56 Å². The summed E-state index contributed by atoms with van der Waals surface area (Å²) >= 11 is 0. The number of methoxy groups -OCH3 is 1. The Hall–Kier alpha value is -2.80. The molecule has 0 aliphatic carbocycles. The minimum atomic E-state index is 0. The lowest BCUT2D eigenvalue weighted by atomic mass is 10.00. The van der Waals surface area contributed by atoms with Crippen molar-refractivity contribution in [2.24, 2.45) is 0 Å². The second kappa shape index (κ2) is 9.94. The molecule has 2 heterocycles. The average Bonchev–Trinajstić information content (AvgIpc) is 2.72. The van der Waals surface area contributed by atoms with Crippen molar-refractivity contribution in [1.29, 1.82) is 0 Å². The van der Waals surface area contributed by atoms with Gasteiger partial charge in [-0.05, 0) is 23.8 Å². The number of hydrogen-bond acceptors (Lipinski definition) is 6. The van der Waals surface area contributed by atoms with E-state index < -0.39 is 0 Å². The van der Waals surface area contributed by atoms with Gasteiger partial charge >= 0.3 is 0 Å². The van der Waals surface area contributed by atoms with Gasteiger partial charge < -0.3 is 15.0 Å². The van der Waals surface area contributed by atoms with Gasteiger partial charge in [0.15, 0.2) is 0 Å². The number of para-hydroxylation sites is 1. The van der Waals surface area contributed by atoms with E-state index in [1.807, 2.05) is 61.6 Å². The quantitative estimate of drug-likeness (QED) is 0.651. The Labute approximate surface area is 173 Å². The van der Waals surface area contributed by atoms with Crippen LogP contribution in [0.5, 0.6) is 5.75 Å². The SMILES string of the molecule is COc1ccccc1[C@H](C)CNc1cc(-c2ccc(N(C)C)nc2)ncn1.S. The van der Waals surface area contributed by atoms with Crippen LogP contribution in [0.4, 0.5) is 11.6 Å². The summed E-state index contributed by atoms with van der Waals surface area (Å²) in [6.45, 7) is 2.91. The average molecular weight is 398 g/mol. The molecule has 148 valence electrons. The van der Waals surface area contributed by atoms with Crippen LogP contribution in [0.25, 0.3) is 11.3 Å². The van der Waals surface area contributed by atoms with Crippen LogP contribution < -0.4 is 15.0 Å². The lowest BCUT2D eigenvalue weighted by molar-refractivity contribution is 0.407. The summed E-state index contributed by atoms with van der Waals surface area (Å²) in [7, 11) is 5.64. The molecule has 1 aromatic carbocycles. The van der Waals surface area contributed by atoms with Crippen LogP contribution in [0.2, 0.25) is 0 Å². The Kier molecular flexibility index (Phi) is 7.63. The van der Waals surface area contributed by atoms with E-state index in [-0.39, 0.29) is 19.4 Å². The summed E-state index contributed by atoms with van der Waals surface area (Å²) in [5.41, 5.74) is 2.98. The molecule has 7 heteroatoms. The molecule has 0 amide bonds. The molecule has 3 rings (SSSR count). The molecule has 0 radical (unpaired) electrons. The van der Waals surface area contributed by atoms with Crippen LogP contribution in [0.1, 0.15) is 18.4 Å². The third-order valence-electron chi connectivity index (χ3n) is 4.43. The van der Waals surface area contributed by atoms with Crippen molar-refractivity contribution in [1.82, 2.24) is 15.0 Å². The van der Waals surface area contributed by atoms with Crippen LogP contribution >= 0.6 is 13.5 Å². The highest BCUT2D eigenvalue weighted by Crippen LogP contribution is 2.26. The molecule has 2 aromatic heterocycles. The Morgan fingerprint density at radius 2 is 1.86 bits per heavy atom. The number of nitrogens with zero attached hydrogens (tertiary/aromatic N) is 4. The highest BCUT2D eigenvalue weighted by atomic mass is 32.1. The lowest BCUT2D eigenvalue weighted by Gasteiger charge is -2.16. The maximum Gasteiger partial charge on any atom is 0.129 e. The van der Waals surface area contributed by atoms with E-state index in [2.05, 4.69) is 33.3 Å². The largest absolute Gasteiger partial charge is 0.496 e. The standard InChI is InChI=1S/C21H25N5O.H2S/c1-15(17-7-5-6-8-19(17)27-4)12-22-20-11-18(24-14-25-20)16-9-10-21(23-13-16)26(2)3;/h5-11,13-15H,12H2,1-4H3,(H,22,24,25);1H2/t15-;/m1./s1. The van der Waals surface area contributed by atoms with Crippen molar-refractivity contribution in [2.45, 2.75) is 12.8 Å². The summed E-state index contributed by atoms with van der Waals surface area (Å²) in [5.74, 6) is 2.89. The number of aromatic nitrogens is 3. The van der Waals surface area contributed by atoms with Gasteiger partial charge in [0.05, 0.1) is 12.8 Å². The maximum absolute atomic E-state index is 5.46. The molecule has 0 bridgehead atoms. The molecular weight excluding hydrogens is 370 g/mol. The fourth-order valence-corrected chi connectivity index (χ4v) is 2.86. The predicted molar refractivity (Wildman–Crippen MR) is 120 cm³/mol. The number of benzene rings is 1. The van der Waals surface area contributed by atoms with E-state index >= 15 is 0 Å². The first-order valence-corrected chi connectivity index (χ1v) is 8.91. The van der Waals surface area contributed by atoms with E-state index in [0.717, 1.165) is 35.2 Å². The topological polar surface area (TPSA) is 63.2 Å². The highest BCUT2D eigenvalue weighted by molar-refractivity contribution is 7.59. The smallest absolute Gasteiger partial charge is 0.129 e. The monoisotopic (exact) mass is 397 g/mol. The second-order valence-corrected chi connectivity index (χ2v) is 6.61. The van der Waals surface area contributed by atoms with Gasteiger partial charge in [-0.3, -0.25) is 0 Å². The van der Waals surface area contributed by atoms with Gasteiger partial charge in [-0.25, -0.2) is 15.0 Å². The van der Waals surface area contributed by atoms with Crippen LogP contribution in [0, 0.1) is 0 Å². The van der Waals surface area contributed by atoms with Crippen LogP contribution in [-0.2, 0) is 0 Å². The number of rotatable bonds is 7. The minimum absolute atomic E-state index is 0. The Morgan fingerprint density at radius 1 is 1.07 bits per heavy atom. The number of pyridine rings is 1. The molecule has 28 heavy (non-hydrogen) atoms. The normalized spacial score (nSPS) is 11.3. The lowest BCUT2D eigenvalue weighted by Crippen LogP contribution is -2.12. The van der Waals surface area contributed by atoms with Gasteiger partial charge in [0.1, 0.15) is 23.7 Å². The van der Waals surface area contributed by atoms with Crippen molar-refractivity contribution >= 4 is 25.1 Å². The van der Waals surface area contributed by atoms with Gasteiger partial charge in [-0.1, -0.05) is 25.1 Å². The fraction of sp³-hybridized carbons (Fsp3) is 0.286. The van der Waals surface area contributed by atoms with Gasteiger partial charge in [-0.15, -0.1) is 0 Å². The Morgan fingerprint density at radius 3 is 2.54 bits per heavy atom. The first-order valence-electron chi connectivity index (χ1n) is 8.91.